The van der Waals surface area contributed by atoms with E-state index in [1.54, 1.807) is 10.7 Å². The summed E-state index contributed by atoms with van der Waals surface area (Å²) >= 11 is 0. The van der Waals surface area contributed by atoms with Crippen LogP contribution in [0.5, 0.6) is 0 Å². The number of alkyl halides is 2. The van der Waals surface area contributed by atoms with Gasteiger partial charge in [-0.2, -0.15) is 0 Å². The minimum absolute atomic E-state index is 0.182. The van der Waals surface area contributed by atoms with Crippen LogP contribution in [0.25, 0.3) is 17.1 Å². The van der Waals surface area contributed by atoms with Crippen molar-refractivity contribution < 1.29 is 17.2 Å². The first-order valence-electron chi connectivity index (χ1n) is 14.5. The zero-order chi connectivity index (χ0) is 28.4. The number of hydrogen-bond acceptors (Lipinski definition) is 7. The number of hydrogen-bond donors (Lipinski definition) is 1. The lowest BCUT2D eigenvalue weighted by Gasteiger charge is -2.35. The number of anilines is 3. The Bertz CT molecular complexity index is 1560. The van der Waals surface area contributed by atoms with E-state index in [0.29, 0.717) is 41.3 Å². The molecule has 2 aliphatic carbocycles. The summed E-state index contributed by atoms with van der Waals surface area (Å²) in [5, 5.41) is 8.57. The van der Waals surface area contributed by atoms with Gasteiger partial charge in [-0.05, 0) is 86.8 Å². The van der Waals surface area contributed by atoms with Crippen molar-refractivity contribution in [3.8, 4) is 17.1 Å². The molecule has 4 aliphatic rings. The monoisotopic (exact) mass is 583 g/mol. The van der Waals surface area contributed by atoms with Gasteiger partial charge in [0.05, 0.1) is 17.1 Å². The fourth-order valence-electron chi connectivity index (χ4n) is 6.07. The number of benzene rings is 1. The van der Waals surface area contributed by atoms with Crippen LogP contribution in [0.2, 0.25) is 0 Å². The molecule has 1 N–H and O–H groups in total. The second kappa shape index (κ2) is 9.64. The van der Waals surface area contributed by atoms with E-state index in [-0.39, 0.29) is 31.2 Å². The van der Waals surface area contributed by atoms with E-state index in [9.17, 15) is 17.2 Å². The van der Waals surface area contributed by atoms with Crippen molar-refractivity contribution >= 4 is 27.2 Å². The zero-order valence-corrected chi connectivity index (χ0v) is 24.0. The molecule has 2 aromatic heterocycles. The highest BCUT2D eigenvalue weighted by Gasteiger charge is 2.44. The third-order valence-corrected chi connectivity index (χ3v) is 11.0. The van der Waals surface area contributed by atoms with Gasteiger partial charge in [0.25, 0.3) is 5.92 Å². The van der Waals surface area contributed by atoms with Gasteiger partial charge >= 0.3 is 0 Å². The standard InChI is InChI=1S/C29H35F2N7O2S/c1-20-16-26(37-14-10-29(30,31)11-15-37)32-27(17-20)38-19-24(33-35-38)23-5-2-21(34-41(39,40)22-3-4-22)18-25(23)36-12-8-28(6-7-28)9-13-36/h2,5,16-19,22,34H,3-4,6-15H2,1H3. The normalized spacial score (nSPS) is 21.7. The topological polar surface area (TPSA) is 96.2 Å². The molecule has 12 heteroatoms. The van der Waals surface area contributed by atoms with Crippen LogP contribution >= 0.6 is 0 Å². The lowest BCUT2D eigenvalue weighted by atomic mass is 9.93. The Morgan fingerprint density at radius 2 is 1.59 bits per heavy atom. The van der Waals surface area contributed by atoms with E-state index in [1.165, 1.54) is 12.8 Å². The van der Waals surface area contributed by atoms with E-state index < -0.39 is 15.9 Å². The Kier molecular flexibility index (Phi) is 6.26. The third kappa shape index (κ3) is 5.50. The van der Waals surface area contributed by atoms with Gasteiger partial charge < -0.3 is 9.80 Å². The molecule has 1 spiro atoms. The van der Waals surface area contributed by atoms with Gasteiger partial charge in [0.2, 0.25) is 10.0 Å². The number of sulfonamides is 1. The van der Waals surface area contributed by atoms with Crippen LogP contribution in [0.4, 0.5) is 26.0 Å². The number of aryl methyl sites for hydroxylation is 1. The molecule has 41 heavy (non-hydrogen) atoms. The number of piperidine rings is 2. The van der Waals surface area contributed by atoms with Crippen molar-refractivity contribution in [1.29, 1.82) is 0 Å². The average molecular weight is 584 g/mol. The molecule has 2 aliphatic heterocycles. The van der Waals surface area contributed by atoms with E-state index in [2.05, 4.69) is 19.9 Å². The highest BCUT2D eigenvalue weighted by Crippen LogP contribution is 2.54. The first kappa shape index (κ1) is 26.6. The molecule has 3 aromatic rings. The SMILES string of the molecule is Cc1cc(N2CCC(F)(F)CC2)nc(-n2cc(-c3ccc(NS(=O)(=O)C4CC4)cc3N3CCC4(CC3)CC4)nn2)c1. The fraction of sp³-hybridized carbons (Fsp3) is 0.552. The smallest absolute Gasteiger partial charge is 0.251 e. The predicted octanol–water partition coefficient (Wildman–Crippen LogP) is 5.16. The van der Waals surface area contributed by atoms with Gasteiger partial charge in [0.15, 0.2) is 5.82 Å². The Balaban J connectivity index is 1.19. The molecule has 0 radical (unpaired) electrons. The zero-order valence-electron chi connectivity index (χ0n) is 23.2. The average Bonchev–Trinajstić information content (AvgIpc) is 3.87. The van der Waals surface area contributed by atoms with Crippen LogP contribution in [0, 0.1) is 12.3 Å². The van der Waals surface area contributed by atoms with Crippen molar-refractivity contribution in [1.82, 2.24) is 20.0 Å². The summed E-state index contributed by atoms with van der Waals surface area (Å²) in [4.78, 5) is 8.98. The lowest BCUT2D eigenvalue weighted by Crippen LogP contribution is -2.39. The number of halogens is 2. The van der Waals surface area contributed by atoms with Gasteiger partial charge in [-0.3, -0.25) is 4.72 Å². The van der Waals surface area contributed by atoms with E-state index in [1.807, 2.05) is 42.3 Å². The molecule has 4 fully saturated rings. The maximum absolute atomic E-state index is 13.7. The van der Waals surface area contributed by atoms with E-state index in [0.717, 1.165) is 42.7 Å². The van der Waals surface area contributed by atoms with Crippen LogP contribution in [-0.4, -0.2) is 65.7 Å². The number of aromatic nitrogens is 4. The molecular weight excluding hydrogens is 548 g/mol. The fourth-order valence-corrected chi connectivity index (χ4v) is 7.45. The molecule has 2 saturated carbocycles. The van der Waals surface area contributed by atoms with Gasteiger partial charge in [-0.25, -0.2) is 26.9 Å². The van der Waals surface area contributed by atoms with E-state index >= 15 is 0 Å². The number of pyridine rings is 1. The van der Waals surface area contributed by atoms with Crippen LogP contribution < -0.4 is 14.5 Å². The van der Waals surface area contributed by atoms with Crippen LogP contribution in [0.1, 0.15) is 56.9 Å². The summed E-state index contributed by atoms with van der Waals surface area (Å²) in [6.45, 7) is 4.29. The van der Waals surface area contributed by atoms with Crippen molar-refractivity contribution in [2.75, 3.05) is 40.7 Å². The summed E-state index contributed by atoms with van der Waals surface area (Å²) in [5.74, 6) is -1.40. The molecule has 7 rings (SSSR count). The molecule has 0 unspecified atom stereocenters. The molecule has 4 heterocycles. The van der Waals surface area contributed by atoms with Crippen molar-refractivity contribution in [2.45, 2.75) is 69.5 Å². The lowest BCUT2D eigenvalue weighted by molar-refractivity contribution is -0.0221. The maximum atomic E-state index is 13.7. The maximum Gasteiger partial charge on any atom is 0.251 e. The highest BCUT2D eigenvalue weighted by atomic mass is 32.2. The quantitative estimate of drug-likeness (QED) is 0.411. The summed E-state index contributed by atoms with van der Waals surface area (Å²) in [7, 11) is -3.38. The van der Waals surface area contributed by atoms with Crippen LogP contribution in [-0.2, 0) is 10.0 Å². The molecule has 0 amide bonds. The summed E-state index contributed by atoms with van der Waals surface area (Å²) in [6.07, 6.45) is 7.74. The van der Waals surface area contributed by atoms with Gasteiger partial charge in [-0.15, -0.1) is 5.10 Å². The van der Waals surface area contributed by atoms with E-state index in [4.69, 9.17) is 4.98 Å². The Hall–Kier alpha value is -3.28. The second-order valence-electron chi connectivity index (χ2n) is 12.3. The number of rotatable bonds is 7. The minimum Gasteiger partial charge on any atom is -0.371 e. The van der Waals surface area contributed by atoms with Gasteiger partial charge in [0, 0.05) is 50.3 Å². The Morgan fingerprint density at radius 3 is 2.27 bits per heavy atom. The minimum atomic E-state index is -3.38. The van der Waals surface area contributed by atoms with Crippen LogP contribution in [0.3, 0.4) is 0 Å². The first-order chi connectivity index (χ1) is 19.6. The molecule has 0 bridgehead atoms. The summed E-state index contributed by atoms with van der Waals surface area (Å²) < 4.78 is 57.2. The molecule has 2 saturated heterocycles. The predicted molar refractivity (Wildman–Crippen MR) is 154 cm³/mol. The van der Waals surface area contributed by atoms with Crippen molar-refractivity contribution in [2.24, 2.45) is 5.41 Å². The molecule has 1 aromatic carbocycles. The highest BCUT2D eigenvalue weighted by molar-refractivity contribution is 7.93. The molecule has 9 nitrogen and oxygen atoms in total. The second-order valence-corrected chi connectivity index (χ2v) is 14.3. The van der Waals surface area contributed by atoms with Crippen molar-refractivity contribution in [3.63, 3.8) is 0 Å². The largest absolute Gasteiger partial charge is 0.371 e. The molecule has 218 valence electrons. The van der Waals surface area contributed by atoms with Crippen molar-refractivity contribution in [3.05, 3.63) is 42.1 Å². The Morgan fingerprint density at radius 1 is 0.902 bits per heavy atom. The molecule has 0 atom stereocenters. The molecular formula is C29H35F2N7O2S. The summed E-state index contributed by atoms with van der Waals surface area (Å²) in [6, 6.07) is 9.44. The van der Waals surface area contributed by atoms with Gasteiger partial charge in [0.1, 0.15) is 11.5 Å². The third-order valence-electron chi connectivity index (χ3n) is 9.11. The van der Waals surface area contributed by atoms with Gasteiger partial charge in [-0.1, -0.05) is 5.21 Å². The first-order valence-corrected chi connectivity index (χ1v) is 16.1. The summed E-state index contributed by atoms with van der Waals surface area (Å²) in [5.41, 5.74) is 4.50. The number of nitrogens with zero attached hydrogens (tertiary/aromatic N) is 6. The Labute approximate surface area is 239 Å². The van der Waals surface area contributed by atoms with Crippen LogP contribution in [0.15, 0.2) is 36.5 Å². The number of nitrogens with one attached hydrogen (secondary N) is 1.